The Balaban J connectivity index is 1.38. The molecule has 0 saturated carbocycles. The first-order valence-corrected chi connectivity index (χ1v) is 11.0. The maximum atomic E-state index is 12.4. The fraction of sp³-hybridized carbons (Fsp3) is 0.360. The van der Waals surface area contributed by atoms with E-state index in [0.29, 0.717) is 17.1 Å². The molecule has 0 radical (unpaired) electrons. The highest BCUT2D eigenvalue weighted by atomic mass is 19.4. The van der Waals surface area contributed by atoms with Gasteiger partial charge in [-0.3, -0.25) is 4.90 Å². The maximum Gasteiger partial charge on any atom is 0.573 e. The van der Waals surface area contributed by atoms with Crippen LogP contribution < -0.4 is 9.47 Å². The molecule has 0 atom stereocenters. The van der Waals surface area contributed by atoms with Crippen LogP contribution in [-0.2, 0) is 19.6 Å². The first-order chi connectivity index (χ1) is 15.8. The monoisotopic (exact) mass is 457 g/mol. The molecule has 33 heavy (non-hydrogen) atoms. The van der Waals surface area contributed by atoms with Gasteiger partial charge in [0.05, 0.1) is 5.69 Å². The lowest BCUT2D eigenvalue weighted by Gasteiger charge is -2.27. The van der Waals surface area contributed by atoms with Gasteiger partial charge in [-0.05, 0) is 67.4 Å². The van der Waals surface area contributed by atoms with Crippen LogP contribution in [0.15, 0.2) is 48.7 Å². The summed E-state index contributed by atoms with van der Waals surface area (Å²) in [6, 6.07) is 11.7. The molecule has 0 bridgehead atoms. The molecule has 8 heteroatoms. The van der Waals surface area contributed by atoms with Crippen LogP contribution >= 0.6 is 0 Å². The van der Waals surface area contributed by atoms with Crippen LogP contribution in [-0.4, -0.2) is 34.3 Å². The van der Waals surface area contributed by atoms with Gasteiger partial charge in [-0.1, -0.05) is 13.0 Å². The van der Waals surface area contributed by atoms with Crippen molar-refractivity contribution in [2.24, 2.45) is 0 Å². The van der Waals surface area contributed by atoms with Gasteiger partial charge in [-0.2, -0.15) is 0 Å². The van der Waals surface area contributed by atoms with Crippen LogP contribution in [0.4, 0.5) is 13.2 Å². The Hall–Kier alpha value is -3.13. The zero-order chi connectivity index (χ0) is 23.4. The Bertz CT molecular complexity index is 1100. The maximum absolute atomic E-state index is 12.4. The molecule has 5 nitrogen and oxygen atoms in total. The SMILES string of the molecule is CCCN1CCc2nc(-c3ccc(OCc4ccc(OC(F)(F)F)cc4C)cc3)ncc2C1. The third-order valence-electron chi connectivity index (χ3n) is 5.61. The molecule has 174 valence electrons. The van der Waals surface area contributed by atoms with Gasteiger partial charge in [0.15, 0.2) is 5.82 Å². The van der Waals surface area contributed by atoms with Crippen molar-refractivity contribution in [3.8, 4) is 22.9 Å². The van der Waals surface area contributed by atoms with Gasteiger partial charge >= 0.3 is 6.36 Å². The minimum Gasteiger partial charge on any atom is -0.489 e. The van der Waals surface area contributed by atoms with Crippen molar-refractivity contribution in [3.05, 3.63) is 71.0 Å². The molecule has 1 aliphatic rings. The van der Waals surface area contributed by atoms with E-state index in [1.165, 1.54) is 17.7 Å². The molecule has 0 aliphatic carbocycles. The van der Waals surface area contributed by atoms with E-state index in [2.05, 4.69) is 21.5 Å². The first-order valence-electron chi connectivity index (χ1n) is 11.0. The van der Waals surface area contributed by atoms with Crippen molar-refractivity contribution < 1.29 is 22.6 Å². The smallest absolute Gasteiger partial charge is 0.489 e. The number of hydrogen-bond acceptors (Lipinski definition) is 5. The van der Waals surface area contributed by atoms with Crippen molar-refractivity contribution in [1.29, 1.82) is 0 Å². The molecule has 0 N–H and O–H groups in total. The average Bonchev–Trinajstić information content (AvgIpc) is 2.78. The fourth-order valence-electron chi connectivity index (χ4n) is 3.91. The molecule has 0 amide bonds. The molecule has 0 unspecified atom stereocenters. The van der Waals surface area contributed by atoms with Gasteiger partial charge < -0.3 is 9.47 Å². The molecule has 1 aromatic heterocycles. The third-order valence-corrected chi connectivity index (χ3v) is 5.61. The Labute approximate surface area is 191 Å². The van der Waals surface area contributed by atoms with Crippen LogP contribution in [0.3, 0.4) is 0 Å². The number of aromatic nitrogens is 2. The molecule has 3 aromatic rings. The second-order valence-electron chi connectivity index (χ2n) is 8.14. The number of aryl methyl sites for hydroxylation is 1. The summed E-state index contributed by atoms with van der Waals surface area (Å²) < 4.78 is 46.9. The Morgan fingerprint density at radius 3 is 2.52 bits per heavy atom. The zero-order valence-electron chi connectivity index (χ0n) is 18.7. The van der Waals surface area contributed by atoms with Crippen molar-refractivity contribution in [1.82, 2.24) is 14.9 Å². The van der Waals surface area contributed by atoms with Crippen molar-refractivity contribution >= 4 is 0 Å². The van der Waals surface area contributed by atoms with Gasteiger partial charge in [-0.15, -0.1) is 13.2 Å². The second kappa shape index (κ2) is 9.79. The quantitative estimate of drug-likeness (QED) is 0.456. The molecular formula is C25H26F3N3O2. The van der Waals surface area contributed by atoms with Crippen LogP contribution in [0, 0.1) is 6.92 Å². The summed E-state index contributed by atoms with van der Waals surface area (Å²) in [4.78, 5) is 11.8. The van der Waals surface area contributed by atoms with Crippen LogP contribution in [0.5, 0.6) is 11.5 Å². The third kappa shape index (κ3) is 6.01. The van der Waals surface area contributed by atoms with Gasteiger partial charge in [0, 0.05) is 36.8 Å². The van der Waals surface area contributed by atoms with Crippen LogP contribution in [0.1, 0.15) is 35.7 Å². The van der Waals surface area contributed by atoms with Gasteiger partial charge in [0.25, 0.3) is 0 Å². The molecule has 2 aromatic carbocycles. The predicted molar refractivity (Wildman–Crippen MR) is 119 cm³/mol. The average molecular weight is 457 g/mol. The van der Waals surface area contributed by atoms with E-state index in [4.69, 9.17) is 9.72 Å². The highest BCUT2D eigenvalue weighted by molar-refractivity contribution is 5.56. The summed E-state index contributed by atoms with van der Waals surface area (Å²) in [6.45, 7) is 7.16. The number of benzene rings is 2. The number of rotatable bonds is 7. The largest absolute Gasteiger partial charge is 0.573 e. The highest BCUT2D eigenvalue weighted by Crippen LogP contribution is 2.26. The van der Waals surface area contributed by atoms with E-state index in [1.807, 2.05) is 30.5 Å². The zero-order valence-corrected chi connectivity index (χ0v) is 18.7. The van der Waals surface area contributed by atoms with Crippen molar-refractivity contribution in [2.45, 2.75) is 46.2 Å². The lowest BCUT2D eigenvalue weighted by molar-refractivity contribution is -0.274. The van der Waals surface area contributed by atoms with E-state index in [9.17, 15) is 13.2 Å². The summed E-state index contributed by atoms with van der Waals surface area (Å²) in [5, 5.41) is 0. The molecule has 2 heterocycles. The minimum atomic E-state index is -4.70. The summed E-state index contributed by atoms with van der Waals surface area (Å²) >= 11 is 0. The lowest BCUT2D eigenvalue weighted by atomic mass is 10.1. The second-order valence-corrected chi connectivity index (χ2v) is 8.14. The topological polar surface area (TPSA) is 47.5 Å². The van der Waals surface area contributed by atoms with E-state index in [0.717, 1.165) is 49.3 Å². The molecule has 0 spiro atoms. The summed E-state index contributed by atoms with van der Waals surface area (Å²) in [5.74, 6) is 1.11. The van der Waals surface area contributed by atoms with E-state index in [-0.39, 0.29) is 12.4 Å². The normalized spacial score (nSPS) is 14.1. The number of fused-ring (bicyclic) bond motifs is 1. The van der Waals surface area contributed by atoms with E-state index in [1.54, 1.807) is 13.0 Å². The predicted octanol–water partition coefficient (Wildman–Crippen LogP) is 5.70. The molecule has 1 aliphatic heterocycles. The van der Waals surface area contributed by atoms with Crippen LogP contribution in [0.25, 0.3) is 11.4 Å². The summed E-state index contributed by atoms with van der Waals surface area (Å²) in [6.07, 6.45) is -0.708. The number of halogens is 3. The molecular weight excluding hydrogens is 431 g/mol. The lowest BCUT2D eigenvalue weighted by Crippen LogP contribution is -2.31. The Kier molecular flexibility index (Phi) is 6.83. The van der Waals surface area contributed by atoms with Gasteiger partial charge in [0.2, 0.25) is 0 Å². The van der Waals surface area contributed by atoms with Gasteiger partial charge in [-0.25, -0.2) is 9.97 Å². The Morgan fingerprint density at radius 2 is 1.82 bits per heavy atom. The number of alkyl halides is 3. The summed E-state index contributed by atoms with van der Waals surface area (Å²) in [7, 11) is 0. The minimum absolute atomic E-state index is 0.237. The van der Waals surface area contributed by atoms with Gasteiger partial charge in [0.1, 0.15) is 18.1 Å². The molecule has 0 fully saturated rings. The number of nitrogens with zero attached hydrogens (tertiary/aromatic N) is 3. The van der Waals surface area contributed by atoms with E-state index >= 15 is 0 Å². The highest BCUT2D eigenvalue weighted by Gasteiger charge is 2.31. The molecule has 0 saturated heterocycles. The molecule has 4 rings (SSSR count). The Morgan fingerprint density at radius 1 is 1.06 bits per heavy atom. The standard InChI is InChI=1S/C25H26F3N3O2/c1-3-11-31-12-10-23-20(15-31)14-29-24(30-23)18-4-7-21(8-5-18)32-16-19-6-9-22(13-17(19)2)33-25(26,27)28/h4-9,13-14H,3,10-12,15-16H2,1-2H3. The summed E-state index contributed by atoms with van der Waals surface area (Å²) in [5.41, 5.74) is 4.66. The fourth-order valence-corrected chi connectivity index (χ4v) is 3.91. The van der Waals surface area contributed by atoms with Crippen molar-refractivity contribution in [2.75, 3.05) is 13.1 Å². The first kappa shape index (κ1) is 23.0. The number of hydrogen-bond donors (Lipinski definition) is 0. The van der Waals surface area contributed by atoms with E-state index < -0.39 is 6.36 Å². The number of ether oxygens (including phenoxy) is 2. The van der Waals surface area contributed by atoms with Crippen molar-refractivity contribution in [3.63, 3.8) is 0 Å². The van der Waals surface area contributed by atoms with Crippen LogP contribution in [0.2, 0.25) is 0 Å².